The van der Waals surface area contributed by atoms with Gasteiger partial charge in [-0.15, -0.1) is 0 Å². The number of hydrogen-bond acceptors (Lipinski definition) is 6. The van der Waals surface area contributed by atoms with Crippen LogP contribution < -0.4 is 4.74 Å². The molecule has 0 bridgehead atoms. The van der Waals surface area contributed by atoms with Crippen LogP contribution in [-0.4, -0.2) is 57.5 Å². The first-order chi connectivity index (χ1) is 12.6. The molecule has 0 aromatic heterocycles. The largest absolute Gasteiger partial charge is 0.744 e. The lowest BCUT2D eigenvalue weighted by Crippen LogP contribution is -2.12. The van der Waals surface area contributed by atoms with Gasteiger partial charge in [0.25, 0.3) is 0 Å². The number of methoxy groups -OCH3 is 1. The molecular formula is C19H23NO6S. The highest BCUT2D eigenvalue weighted by Gasteiger charge is 2.11. The fraction of sp³-hybridized carbons (Fsp3) is 0.263. The second-order valence-corrected chi connectivity index (χ2v) is 7.15. The van der Waals surface area contributed by atoms with E-state index in [2.05, 4.69) is 0 Å². The number of ketones is 1. The molecule has 0 N–H and O–H groups in total. The van der Waals surface area contributed by atoms with Crippen molar-refractivity contribution in [1.82, 2.24) is 0 Å². The minimum absolute atomic E-state index is 0.0125. The summed E-state index contributed by atoms with van der Waals surface area (Å²) in [6.45, 7) is 1.83. The molecule has 0 spiro atoms. The van der Waals surface area contributed by atoms with Crippen LogP contribution in [0.5, 0.6) is 5.75 Å². The molecule has 0 aliphatic rings. The number of benzene rings is 2. The van der Waals surface area contributed by atoms with E-state index in [9.17, 15) is 17.8 Å². The van der Waals surface area contributed by atoms with Gasteiger partial charge in [-0.25, -0.2) is 13.0 Å². The second-order valence-electron chi connectivity index (χ2n) is 5.77. The lowest BCUT2D eigenvalue weighted by Gasteiger charge is -2.05. The number of carbonyl (C=O) groups is 1. The number of hydrogen-bond donors (Lipinski definition) is 0. The quantitative estimate of drug-likeness (QED) is 0.245. The van der Waals surface area contributed by atoms with E-state index in [4.69, 9.17) is 9.47 Å². The molecule has 0 saturated carbocycles. The SMILES string of the molecule is COc1ccccc1C(=O)COC=[N+](C)C.Cc1ccc(S(=O)(=O)[O-])cc1. The molecule has 27 heavy (non-hydrogen) atoms. The maximum absolute atomic E-state index is 11.8. The Balaban J connectivity index is 0.000000289. The number of carbonyl (C=O) groups excluding carboxylic acids is 1. The van der Waals surface area contributed by atoms with Crippen molar-refractivity contribution in [2.45, 2.75) is 11.8 Å². The molecule has 0 radical (unpaired) electrons. The Morgan fingerprint density at radius 2 is 1.70 bits per heavy atom. The third-order valence-corrected chi connectivity index (χ3v) is 4.07. The molecule has 2 aromatic rings. The minimum atomic E-state index is -4.27. The van der Waals surface area contributed by atoms with Crippen LogP contribution >= 0.6 is 0 Å². The molecule has 0 aliphatic heterocycles. The van der Waals surface area contributed by atoms with Crippen LogP contribution in [-0.2, 0) is 14.9 Å². The van der Waals surface area contributed by atoms with Crippen molar-refractivity contribution in [1.29, 1.82) is 0 Å². The Hall–Kier alpha value is -2.71. The summed E-state index contributed by atoms with van der Waals surface area (Å²) in [5.41, 5.74) is 1.47. The first-order valence-corrected chi connectivity index (χ1v) is 9.36. The standard InChI is InChI=1S/C12H16NO3.C7H8O3S/c1-13(2)9-16-8-11(14)10-6-4-5-7-12(10)15-3;1-6-2-4-7(5-3-6)11(8,9)10/h4-7,9H,8H2,1-3H3;2-5H,1H3,(H,8,9,10)/q+1;/p-1. The van der Waals surface area contributed by atoms with Crippen LogP contribution in [0.2, 0.25) is 0 Å². The van der Waals surface area contributed by atoms with Gasteiger partial charge in [-0.05, 0) is 31.2 Å². The topological polar surface area (TPSA) is 95.7 Å². The van der Waals surface area contributed by atoms with Gasteiger partial charge in [-0.3, -0.25) is 4.79 Å². The van der Waals surface area contributed by atoms with Crippen molar-refractivity contribution in [3.8, 4) is 5.75 Å². The molecule has 146 valence electrons. The van der Waals surface area contributed by atoms with Crippen molar-refractivity contribution >= 4 is 22.3 Å². The van der Waals surface area contributed by atoms with Crippen molar-refractivity contribution in [2.75, 3.05) is 27.8 Å². The van der Waals surface area contributed by atoms with Crippen molar-refractivity contribution in [2.24, 2.45) is 0 Å². The zero-order valence-electron chi connectivity index (χ0n) is 15.7. The molecular weight excluding hydrogens is 370 g/mol. The van der Waals surface area contributed by atoms with Gasteiger partial charge in [0.1, 0.15) is 30.0 Å². The van der Waals surface area contributed by atoms with Gasteiger partial charge < -0.3 is 14.0 Å². The van der Waals surface area contributed by atoms with Gasteiger partial charge in [0.2, 0.25) is 5.78 Å². The monoisotopic (exact) mass is 393 g/mol. The van der Waals surface area contributed by atoms with Gasteiger partial charge in [0.05, 0.1) is 17.6 Å². The van der Waals surface area contributed by atoms with E-state index in [-0.39, 0.29) is 17.3 Å². The molecule has 0 unspecified atom stereocenters. The van der Waals surface area contributed by atoms with Crippen LogP contribution in [0.4, 0.5) is 0 Å². The second kappa shape index (κ2) is 10.4. The molecule has 2 rings (SSSR count). The van der Waals surface area contributed by atoms with E-state index in [0.717, 1.165) is 5.56 Å². The van der Waals surface area contributed by atoms with E-state index in [1.54, 1.807) is 42.0 Å². The fourth-order valence-corrected chi connectivity index (χ4v) is 2.39. The number of nitrogens with zero attached hydrogens (tertiary/aromatic N) is 1. The Morgan fingerprint density at radius 3 is 2.22 bits per heavy atom. The lowest BCUT2D eigenvalue weighted by molar-refractivity contribution is -0.468. The molecule has 0 atom stereocenters. The molecule has 0 saturated heterocycles. The summed E-state index contributed by atoms with van der Waals surface area (Å²) >= 11 is 0. The summed E-state index contributed by atoms with van der Waals surface area (Å²) in [4.78, 5) is 11.6. The van der Waals surface area contributed by atoms with E-state index >= 15 is 0 Å². The fourth-order valence-electron chi connectivity index (χ4n) is 1.92. The van der Waals surface area contributed by atoms with Crippen molar-refractivity contribution < 1.29 is 31.8 Å². The van der Waals surface area contributed by atoms with E-state index in [1.165, 1.54) is 18.5 Å². The number of aryl methyl sites for hydroxylation is 1. The summed E-state index contributed by atoms with van der Waals surface area (Å²) in [6.07, 6.45) is 1.49. The lowest BCUT2D eigenvalue weighted by atomic mass is 10.1. The molecule has 0 fully saturated rings. The van der Waals surface area contributed by atoms with Crippen LogP contribution in [0.1, 0.15) is 15.9 Å². The Labute approximate surface area is 159 Å². The Morgan fingerprint density at radius 1 is 1.11 bits per heavy atom. The van der Waals surface area contributed by atoms with Gasteiger partial charge in [0.15, 0.2) is 6.61 Å². The van der Waals surface area contributed by atoms with E-state index in [0.29, 0.717) is 11.3 Å². The van der Waals surface area contributed by atoms with Crippen molar-refractivity contribution in [3.05, 3.63) is 59.7 Å². The van der Waals surface area contributed by atoms with Crippen LogP contribution in [0, 0.1) is 6.92 Å². The first kappa shape index (κ1) is 22.3. The molecule has 7 nitrogen and oxygen atoms in total. The van der Waals surface area contributed by atoms with Gasteiger partial charge in [-0.1, -0.05) is 29.8 Å². The summed E-state index contributed by atoms with van der Waals surface area (Å²) in [6, 6.07) is 12.9. The molecule has 8 heteroatoms. The average molecular weight is 393 g/mol. The summed E-state index contributed by atoms with van der Waals surface area (Å²) in [5, 5.41) is 0. The molecule has 0 heterocycles. The van der Waals surface area contributed by atoms with E-state index < -0.39 is 10.1 Å². The molecule has 0 amide bonds. The summed E-state index contributed by atoms with van der Waals surface area (Å²) in [7, 11) is 0.925. The zero-order valence-corrected chi connectivity index (χ0v) is 16.5. The average Bonchev–Trinajstić information content (AvgIpc) is 2.61. The van der Waals surface area contributed by atoms with E-state index in [1.807, 2.05) is 27.1 Å². The Bertz CT molecular complexity index is 885. The van der Waals surface area contributed by atoms with Gasteiger partial charge in [0, 0.05) is 0 Å². The summed E-state index contributed by atoms with van der Waals surface area (Å²) < 4.78 is 43.1. The summed E-state index contributed by atoms with van der Waals surface area (Å²) in [5.74, 6) is 0.469. The molecule has 0 aliphatic carbocycles. The predicted octanol–water partition coefficient (Wildman–Crippen LogP) is 2.09. The van der Waals surface area contributed by atoms with Crippen molar-refractivity contribution in [3.63, 3.8) is 0 Å². The number of Topliss-reactive ketones (excluding diaryl/α,β-unsaturated/α-hetero) is 1. The Kier molecular flexibility index (Phi) is 8.64. The number of ether oxygens (including phenoxy) is 2. The maximum Gasteiger partial charge on any atom is 0.323 e. The zero-order chi connectivity index (χ0) is 20.4. The van der Waals surface area contributed by atoms with Crippen LogP contribution in [0.15, 0.2) is 53.4 Å². The third-order valence-electron chi connectivity index (χ3n) is 3.22. The highest BCUT2D eigenvalue weighted by Crippen LogP contribution is 2.17. The normalized spacial score (nSPS) is 10.3. The van der Waals surface area contributed by atoms with Gasteiger partial charge in [-0.2, -0.15) is 0 Å². The minimum Gasteiger partial charge on any atom is -0.744 e. The first-order valence-electron chi connectivity index (χ1n) is 7.95. The maximum atomic E-state index is 11.8. The highest BCUT2D eigenvalue weighted by molar-refractivity contribution is 7.85. The third kappa shape index (κ3) is 8.02. The molecule has 2 aromatic carbocycles. The van der Waals surface area contributed by atoms with Crippen LogP contribution in [0.25, 0.3) is 0 Å². The van der Waals surface area contributed by atoms with Gasteiger partial charge >= 0.3 is 6.40 Å². The number of rotatable bonds is 6. The smallest absolute Gasteiger partial charge is 0.323 e. The van der Waals surface area contributed by atoms with Crippen LogP contribution in [0.3, 0.4) is 0 Å². The highest BCUT2D eigenvalue weighted by atomic mass is 32.2. The number of para-hydroxylation sites is 1. The predicted molar refractivity (Wildman–Crippen MR) is 101 cm³/mol.